The molecule has 0 saturated carbocycles. The van der Waals surface area contributed by atoms with E-state index in [4.69, 9.17) is 11.2 Å². The van der Waals surface area contributed by atoms with E-state index in [9.17, 15) is 0 Å². The highest BCUT2D eigenvalue weighted by Gasteiger charge is 2.14. The quantitative estimate of drug-likeness (QED) is 0.631. The maximum absolute atomic E-state index is 5.27. The van der Waals surface area contributed by atoms with Crippen molar-refractivity contribution in [2.45, 2.75) is 25.8 Å². The van der Waals surface area contributed by atoms with Crippen LogP contribution in [0.3, 0.4) is 0 Å². The molecule has 2 atom stereocenters. The fraction of sp³-hybridized carbons (Fsp3) is 0.800. The average Bonchev–Trinajstić information content (AvgIpc) is 2.57. The molecule has 1 saturated heterocycles. The molecule has 0 aliphatic carbocycles. The SMILES string of the molecule is C#CC(C)NCCC1CCOC1. The largest absolute Gasteiger partial charge is 0.381 e. The van der Waals surface area contributed by atoms with E-state index in [2.05, 4.69) is 11.2 Å². The van der Waals surface area contributed by atoms with Crippen LogP contribution in [0, 0.1) is 18.3 Å². The van der Waals surface area contributed by atoms with Crippen molar-refractivity contribution in [1.82, 2.24) is 5.32 Å². The Balaban J connectivity index is 1.98. The van der Waals surface area contributed by atoms with Gasteiger partial charge in [0.05, 0.1) is 6.04 Å². The monoisotopic (exact) mass is 167 g/mol. The molecule has 2 nitrogen and oxygen atoms in total. The van der Waals surface area contributed by atoms with Gasteiger partial charge < -0.3 is 10.1 Å². The van der Waals surface area contributed by atoms with Crippen molar-refractivity contribution in [1.29, 1.82) is 0 Å². The third kappa shape index (κ3) is 3.25. The summed E-state index contributed by atoms with van der Waals surface area (Å²) in [6.45, 7) is 4.89. The minimum Gasteiger partial charge on any atom is -0.381 e. The Morgan fingerprint density at radius 1 is 1.75 bits per heavy atom. The molecular formula is C10H17NO. The lowest BCUT2D eigenvalue weighted by molar-refractivity contribution is 0.184. The zero-order chi connectivity index (χ0) is 8.81. The third-order valence-electron chi connectivity index (χ3n) is 2.28. The van der Waals surface area contributed by atoms with Crippen molar-refractivity contribution in [2.24, 2.45) is 5.92 Å². The van der Waals surface area contributed by atoms with Crippen LogP contribution in [0.4, 0.5) is 0 Å². The lowest BCUT2D eigenvalue weighted by Crippen LogP contribution is -2.26. The number of ether oxygens (including phenoxy) is 1. The van der Waals surface area contributed by atoms with E-state index in [0.29, 0.717) is 0 Å². The number of nitrogens with one attached hydrogen (secondary N) is 1. The predicted octanol–water partition coefficient (Wildman–Crippen LogP) is 1.02. The maximum Gasteiger partial charge on any atom is 0.0658 e. The van der Waals surface area contributed by atoms with Gasteiger partial charge in [0.15, 0.2) is 0 Å². The average molecular weight is 167 g/mol. The Bertz CT molecular complexity index is 156. The molecule has 68 valence electrons. The van der Waals surface area contributed by atoms with Crippen LogP contribution in [-0.2, 0) is 4.74 Å². The molecular weight excluding hydrogens is 150 g/mol. The molecule has 2 heteroatoms. The normalized spacial score (nSPS) is 25.2. The summed E-state index contributed by atoms with van der Waals surface area (Å²) in [7, 11) is 0. The van der Waals surface area contributed by atoms with Crippen LogP contribution < -0.4 is 5.32 Å². The van der Waals surface area contributed by atoms with E-state index in [-0.39, 0.29) is 6.04 Å². The highest BCUT2D eigenvalue weighted by Crippen LogP contribution is 2.15. The van der Waals surface area contributed by atoms with E-state index in [0.717, 1.165) is 25.7 Å². The summed E-state index contributed by atoms with van der Waals surface area (Å²) in [5.41, 5.74) is 0. The lowest BCUT2D eigenvalue weighted by Gasteiger charge is -2.10. The summed E-state index contributed by atoms with van der Waals surface area (Å²) in [5, 5.41) is 3.27. The Hall–Kier alpha value is -0.520. The summed E-state index contributed by atoms with van der Waals surface area (Å²) in [5.74, 6) is 3.40. The number of rotatable bonds is 4. The third-order valence-corrected chi connectivity index (χ3v) is 2.28. The lowest BCUT2D eigenvalue weighted by atomic mass is 10.1. The Kier molecular flexibility index (Phi) is 4.13. The fourth-order valence-electron chi connectivity index (χ4n) is 1.37. The summed E-state index contributed by atoms with van der Waals surface area (Å²) in [6.07, 6.45) is 7.63. The molecule has 0 aromatic carbocycles. The van der Waals surface area contributed by atoms with Gasteiger partial charge >= 0.3 is 0 Å². The molecule has 1 aliphatic rings. The first-order valence-corrected chi connectivity index (χ1v) is 4.60. The molecule has 1 heterocycles. The second-order valence-electron chi connectivity index (χ2n) is 3.36. The first-order chi connectivity index (χ1) is 5.83. The van der Waals surface area contributed by atoms with Gasteiger partial charge in [0.1, 0.15) is 0 Å². The number of hydrogen-bond donors (Lipinski definition) is 1. The molecule has 0 amide bonds. The molecule has 2 unspecified atom stereocenters. The minimum absolute atomic E-state index is 0.201. The first-order valence-electron chi connectivity index (χ1n) is 4.60. The van der Waals surface area contributed by atoms with Crippen molar-refractivity contribution in [3.05, 3.63) is 0 Å². The van der Waals surface area contributed by atoms with E-state index in [1.54, 1.807) is 0 Å². The van der Waals surface area contributed by atoms with Gasteiger partial charge in [-0.25, -0.2) is 0 Å². The van der Waals surface area contributed by atoms with Gasteiger partial charge in [0.25, 0.3) is 0 Å². The van der Waals surface area contributed by atoms with E-state index in [1.807, 2.05) is 6.92 Å². The minimum atomic E-state index is 0.201. The molecule has 1 rings (SSSR count). The van der Waals surface area contributed by atoms with Crippen LogP contribution >= 0.6 is 0 Å². The molecule has 0 radical (unpaired) electrons. The topological polar surface area (TPSA) is 21.3 Å². The first kappa shape index (κ1) is 9.57. The van der Waals surface area contributed by atoms with Gasteiger partial charge in [-0.05, 0) is 32.2 Å². The van der Waals surface area contributed by atoms with Crippen LogP contribution in [0.15, 0.2) is 0 Å². The van der Waals surface area contributed by atoms with Crippen LogP contribution in [-0.4, -0.2) is 25.8 Å². The molecule has 1 fully saturated rings. The van der Waals surface area contributed by atoms with Crippen molar-refractivity contribution in [3.63, 3.8) is 0 Å². The number of hydrogen-bond acceptors (Lipinski definition) is 2. The standard InChI is InChI=1S/C10H17NO/c1-3-9(2)11-6-4-10-5-7-12-8-10/h1,9-11H,4-8H2,2H3. The Labute approximate surface area is 74.7 Å². The van der Waals surface area contributed by atoms with Crippen LogP contribution in [0.2, 0.25) is 0 Å². The van der Waals surface area contributed by atoms with Gasteiger partial charge in [0, 0.05) is 13.2 Å². The van der Waals surface area contributed by atoms with E-state index >= 15 is 0 Å². The van der Waals surface area contributed by atoms with Gasteiger partial charge in [-0.1, -0.05) is 5.92 Å². The zero-order valence-corrected chi connectivity index (χ0v) is 7.68. The second-order valence-corrected chi connectivity index (χ2v) is 3.36. The summed E-state index contributed by atoms with van der Waals surface area (Å²) in [6, 6.07) is 0.201. The molecule has 0 aromatic heterocycles. The molecule has 1 N–H and O–H groups in total. The van der Waals surface area contributed by atoms with E-state index in [1.165, 1.54) is 12.8 Å². The van der Waals surface area contributed by atoms with Gasteiger partial charge in [-0.15, -0.1) is 6.42 Å². The summed E-state index contributed by atoms with van der Waals surface area (Å²) < 4.78 is 5.27. The van der Waals surface area contributed by atoms with Gasteiger partial charge in [-0.3, -0.25) is 0 Å². The highest BCUT2D eigenvalue weighted by molar-refractivity contribution is 4.95. The fourth-order valence-corrected chi connectivity index (χ4v) is 1.37. The Morgan fingerprint density at radius 2 is 2.58 bits per heavy atom. The molecule has 1 aliphatic heterocycles. The second kappa shape index (κ2) is 5.18. The molecule has 12 heavy (non-hydrogen) atoms. The Morgan fingerprint density at radius 3 is 3.17 bits per heavy atom. The van der Waals surface area contributed by atoms with Crippen LogP contribution in [0.1, 0.15) is 19.8 Å². The van der Waals surface area contributed by atoms with Crippen LogP contribution in [0.25, 0.3) is 0 Å². The highest BCUT2D eigenvalue weighted by atomic mass is 16.5. The predicted molar refractivity (Wildman–Crippen MR) is 49.8 cm³/mol. The summed E-state index contributed by atoms with van der Waals surface area (Å²) in [4.78, 5) is 0. The molecule has 0 bridgehead atoms. The van der Waals surface area contributed by atoms with E-state index < -0.39 is 0 Å². The van der Waals surface area contributed by atoms with Crippen molar-refractivity contribution in [3.8, 4) is 12.3 Å². The van der Waals surface area contributed by atoms with Crippen molar-refractivity contribution < 1.29 is 4.74 Å². The van der Waals surface area contributed by atoms with Crippen molar-refractivity contribution in [2.75, 3.05) is 19.8 Å². The molecule has 0 aromatic rings. The van der Waals surface area contributed by atoms with Gasteiger partial charge in [0.2, 0.25) is 0 Å². The summed E-state index contributed by atoms with van der Waals surface area (Å²) >= 11 is 0. The smallest absolute Gasteiger partial charge is 0.0658 e. The zero-order valence-electron chi connectivity index (χ0n) is 7.68. The number of terminal acetylenes is 1. The molecule has 0 spiro atoms. The van der Waals surface area contributed by atoms with Gasteiger partial charge in [-0.2, -0.15) is 0 Å². The van der Waals surface area contributed by atoms with Crippen LogP contribution in [0.5, 0.6) is 0 Å². The van der Waals surface area contributed by atoms with Crippen molar-refractivity contribution >= 4 is 0 Å². The maximum atomic E-state index is 5.27.